The number of aliphatic hydroxyl groups is 1. The molecule has 0 spiro atoms. The maximum atomic E-state index is 12.3. The molecule has 1 aliphatic rings. The number of nitrogens with one attached hydrogen (secondary N) is 1. The number of hydrogen-bond donors (Lipinski definition) is 2. The van der Waals surface area contributed by atoms with Crippen LogP contribution in [-0.4, -0.2) is 48.2 Å². The van der Waals surface area contributed by atoms with Crippen molar-refractivity contribution in [2.24, 2.45) is 5.92 Å². The van der Waals surface area contributed by atoms with E-state index in [1.165, 1.54) is 11.1 Å². The molecule has 1 aromatic rings. The molecule has 1 heterocycles. The second kappa shape index (κ2) is 8.30. The highest BCUT2D eigenvalue weighted by molar-refractivity contribution is 5.81. The lowest BCUT2D eigenvalue weighted by molar-refractivity contribution is -0.126. The van der Waals surface area contributed by atoms with Gasteiger partial charge in [-0.3, -0.25) is 9.69 Å². The lowest BCUT2D eigenvalue weighted by Gasteiger charge is -2.34. The molecule has 2 N–H and O–H groups in total. The maximum absolute atomic E-state index is 12.3. The van der Waals surface area contributed by atoms with Gasteiger partial charge in [0.05, 0.1) is 6.04 Å². The van der Waals surface area contributed by atoms with Crippen molar-refractivity contribution in [2.75, 3.05) is 26.2 Å². The Morgan fingerprint density at radius 3 is 2.68 bits per heavy atom. The Morgan fingerprint density at radius 2 is 2.05 bits per heavy atom. The second-order valence-electron chi connectivity index (χ2n) is 6.31. The molecule has 4 nitrogen and oxygen atoms in total. The smallest absolute Gasteiger partial charge is 0.237 e. The van der Waals surface area contributed by atoms with Crippen LogP contribution in [0.25, 0.3) is 0 Å². The minimum atomic E-state index is -0.0866. The van der Waals surface area contributed by atoms with Crippen LogP contribution in [0.2, 0.25) is 0 Å². The van der Waals surface area contributed by atoms with Gasteiger partial charge in [0.15, 0.2) is 0 Å². The Labute approximate surface area is 133 Å². The highest BCUT2D eigenvalue weighted by Crippen LogP contribution is 2.18. The standard InChI is InChI=1S/C18H28N2O2/c1-14-5-3-4-6-17(14)7-10-19-18(22)15(2)20-11-8-16(13-21)9-12-20/h3-6,15-16,21H,7-13H2,1-2H3,(H,19,22). The lowest BCUT2D eigenvalue weighted by Crippen LogP contribution is -2.48. The molecule has 1 aromatic carbocycles. The molecule has 22 heavy (non-hydrogen) atoms. The molecule has 1 saturated heterocycles. The molecule has 1 aliphatic heterocycles. The topological polar surface area (TPSA) is 52.6 Å². The normalized spacial score (nSPS) is 18.1. The van der Waals surface area contributed by atoms with Crippen LogP contribution < -0.4 is 5.32 Å². The van der Waals surface area contributed by atoms with E-state index in [-0.39, 0.29) is 18.6 Å². The van der Waals surface area contributed by atoms with E-state index < -0.39 is 0 Å². The van der Waals surface area contributed by atoms with Crippen molar-refractivity contribution in [3.63, 3.8) is 0 Å². The quantitative estimate of drug-likeness (QED) is 0.842. The van der Waals surface area contributed by atoms with Gasteiger partial charge in [-0.1, -0.05) is 24.3 Å². The van der Waals surface area contributed by atoms with Gasteiger partial charge in [0.1, 0.15) is 0 Å². The van der Waals surface area contributed by atoms with Gasteiger partial charge >= 0.3 is 0 Å². The molecule has 0 radical (unpaired) electrons. The van der Waals surface area contributed by atoms with E-state index in [1.54, 1.807) is 0 Å². The fraction of sp³-hybridized carbons (Fsp3) is 0.611. The number of rotatable bonds is 6. The van der Waals surface area contributed by atoms with E-state index in [1.807, 2.05) is 19.1 Å². The minimum Gasteiger partial charge on any atom is -0.396 e. The third-order valence-corrected chi connectivity index (χ3v) is 4.79. The summed E-state index contributed by atoms with van der Waals surface area (Å²) in [4.78, 5) is 14.5. The third kappa shape index (κ3) is 4.55. The molecule has 122 valence electrons. The Kier molecular flexibility index (Phi) is 6.40. The van der Waals surface area contributed by atoms with E-state index in [4.69, 9.17) is 0 Å². The predicted octanol–water partition coefficient (Wildman–Crippen LogP) is 1.75. The zero-order valence-electron chi connectivity index (χ0n) is 13.7. The molecule has 1 amide bonds. The SMILES string of the molecule is Cc1ccccc1CCNC(=O)C(C)N1CCC(CO)CC1. The Balaban J connectivity index is 1.74. The van der Waals surface area contributed by atoms with Crippen LogP contribution in [0.1, 0.15) is 30.9 Å². The molecule has 0 bridgehead atoms. The zero-order valence-corrected chi connectivity index (χ0v) is 13.7. The second-order valence-corrected chi connectivity index (χ2v) is 6.31. The first-order valence-corrected chi connectivity index (χ1v) is 8.29. The first-order valence-electron chi connectivity index (χ1n) is 8.29. The van der Waals surface area contributed by atoms with Gasteiger partial charge in [-0.15, -0.1) is 0 Å². The summed E-state index contributed by atoms with van der Waals surface area (Å²) < 4.78 is 0. The number of likely N-dealkylation sites (tertiary alicyclic amines) is 1. The molecule has 1 atom stereocenters. The summed E-state index contributed by atoms with van der Waals surface area (Å²) in [5.41, 5.74) is 2.56. The Hall–Kier alpha value is -1.39. The van der Waals surface area contributed by atoms with Gasteiger partial charge < -0.3 is 10.4 Å². The van der Waals surface area contributed by atoms with E-state index in [0.717, 1.165) is 32.4 Å². The van der Waals surface area contributed by atoms with Crippen LogP contribution in [-0.2, 0) is 11.2 Å². The number of carbonyl (C=O) groups excluding carboxylic acids is 1. The first-order chi connectivity index (χ1) is 10.6. The van der Waals surface area contributed by atoms with Crippen molar-refractivity contribution in [1.82, 2.24) is 10.2 Å². The summed E-state index contributed by atoms with van der Waals surface area (Å²) >= 11 is 0. The van der Waals surface area contributed by atoms with Gasteiger partial charge in [-0.2, -0.15) is 0 Å². The average molecular weight is 304 g/mol. The fourth-order valence-corrected chi connectivity index (χ4v) is 3.05. The molecule has 1 unspecified atom stereocenters. The third-order valence-electron chi connectivity index (χ3n) is 4.79. The van der Waals surface area contributed by atoms with Crippen molar-refractivity contribution in [3.05, 3.63) is 35.4 Å². The summed E-state index contributed by atoms with van der Waals surface area (Å²) in [5.74, 6) is 0.517. The van der Waals surface area contributed by atoms with E-state index in [9.17, 15) is 9.90 Å². The van der Waals surface area contributed by atoms with Gasteiger partial charge in [0.25, 0.3) is 0 Å². The lowest BCUT2D eigenvalue weighted by atomic mass is 9.97. The highest BCUT2D eigenvalue weighted by atomic mass is 16.3. The summed E-state index contributed by atoms with van der Waals surface area (Å²) in [7, 11) is 0. The Morgan fingerprint density at radius 1 is 1.36 bits per heavy atom. The first kappa shape index (κ1) is 17.0. The average Bonchev–Trinajstić information content (AvgIpc) is 2.56. The fourth-order valence-electron chi connectivity index (χ4n) is 3.05. The van der Waals surface area contributed by atoms with Crippen LogP contribution in [0, 0.1) is 12.8 Å². The molecule has 1 fully saturated rings. The van der Waals surface area contributed by atoms with Crippen molar-refractivity contribution in [3.8, 4) is 0 Å². The number of nitrogens with zero attached hydrogens (tertiary/aromatic N) is 1. The highest BCUT2D eigenvalue weighted by Gasteiger charge is 2.25. The van der Waals surface area contributed by atoms with E-state index >= 15 is 0 Å². The van der Waals surface area contributed by atoms with E-state index in [0.29, 0.717) is 12.5 Å². The molecule has 4 heteroatoms. The van der Waals surface area contributed by atoms with Crippen LogP contribution >= 0.6 is 0 Å². The van der Waals surface area contributed by atoms with Crippen LogP contribution in [0.15, 0.2) is 24.3 Å². The maximum Gasteiger partial charge on any atom is 0.237 e. The number of aryl methyl sites for hydroxylation is 1. The van der Waals surface area contributed by atoms with E-state index in [2.05, 4.69) is 29.3 Å². The number of piperidine rings is 1. The molecule has 0 aromatic heterocycles. The minimum absolute atomic E-state index is 0.0866. The van der Waals surface area contributed by atoms with Crippen molar-refractivity contribution in [2.45, 2.75) is 39.2 Å². The van der Waals surface area contributed by atoms with Crippen molar-refractivity contribution in [1.29, 1.82) is 0 Å². The zero-order chi connectivity index (χ0) is 15.9. The molecule has 0 saturated carbocycles. The number of amides is 1. The van der Waals surface area contributed by atoms with Crippen LogP contribution in [0.4, 0.5) is 0 Å². The number of benzene rings is 1. The molecule has 0 aliphatic carbocycles. The summed E-state index contributed by atoms with van der Waals surface area (Å²) in [5, 5.41) is 12.2. The summed E-state index contributed by atoms with van der Waals surface area (Å²) in [6.45, 7) is 6.83. The van der Waals surface area contributed by atoms with Crippen molar-refractivity contribution >= 4 is 5.91 Å². The number of hydrogen-bond acceptors (Lipinski definition) is 3. The summed E-state index contributed by atoms with van der Waals surface area (Å²) in [6, 6.07) is 8.21. The summed E-state index contributed by atoms with van der Waals surface area (Å²) in [6.07, 6.45) is 2.84. The Bertz CT molecular complexity index is 482. The molecular weight excluding hydrogens is 276 g/mol. The van der Waals surface area contributed by atoms with Gasteiger partial charge in [0.2, 0.25) is 5.91 Å². The predicted molar refractivity (Wildman–Crippen MR) is 88.7 cm³/mol. The number of carbonyl (C=O) groups is 1. The van der Waals surface area contributed by atoms with Crippen molar-refractivity contribution < 1.29 is 9.90 Å². The van der Waals surface area contributed by atoms with Crippen LogP contribution in [0.5, 0.6) is 0 Å². The molecule has 2 rings (SSSR count). The van der Waals surface area contributed by atoms with Gasteiger partial charge in [-0.25, -0.2) is 0 Å². The van der Waals surface area contributed by atoms with Crippen LogP contribution in [0.3, 0.4) is 0 Å². The molecular formula is C18H28N2O2. The largest absolute Gasteiger partial charge is 0.396 e. The van der Waals surface area contributed by atoms with Gasteiger partial charge in [0, 0.05) is 13.2 Å². The number of aliphatic hydroxyl groups excluding tert-OH is 1. The monoisotopic (exact) mass is 304 g/mol. The van der Waals surface area contributed by atoms with Gasteiger partial charge in [-0.05, 0) is 63.2 Å².